The monoisotopic (exact) mass is 400 g/mol. The molecule has 1 aliphatic rings. The van der Waals surface area contributed by atoms with E-state index in [2.05, 4.69) is 11.3 Å². The van der Waals surface area contributed by atoms with Gasteiger partial charge in [-0.15, -0.1) is 0 Å². The molecule has 0 spiro atoms. The molecule has 8 heteroatoms. The predicted molar refractivity (Wildman–Crippen MR) is 100 cm³/mol. The molecule has 4 atom stereocenters. The number of hydrogen-bond acceptors (Lipinski definition) is 8. The zero-order valence-electron chi connectivity index (χ0n) is 17.0. The molecule has 0 aromatic carbocycles. The van der Waals surface area contributed by atoms with Crippen LogP contribution in [0, 0.1) is 11.8 Å². The van der Waals surface area contributed by atoms with Gasteiger partial charge in [0.05, 0.1) is 19.6 Å². The van der Waals surface area contributed by atoms with Gasteiger partial charge in [0.25, 0.3) is 0 Å². The Bertz CT molecular complexity index is 520. The highest BCUT2D eigenvalue weighted by Gasteiger charge is 2.54. The van der Waals surface area contributed by atoms with E-state index in [1.807, 2.05) is 6.92 Å². The van der Waals surface area contributed by atoms with Crippen LogP contribution in [0.25, 0.3) is 0 Å². The third-order valence-electron chi connectivity index (χ3n) is 5.13. The van der Waals surface area contributed by atoms with Crippen LogP contribution < -0.4 is 0 Å². The van der Waals surface area contributed by atoms with Crippen molar-refractivity contribution in [1.29, 1.82) is 0 Å². The maximum absolute atomic E-state index is 11.8. The maximum Gasteiger partial charge on any atom is 0.508 e. The summed E-state index contributed by atoms with van der Waals surface area (Å²) in [6, 6.07) is 0. The summed E-state index contributed by atoms with van der Waals surface area (Å²) in [5.74, 6) is -0.916. The van der Waals surface area contributed by atoms with Crippen LogP contribution in [0.2, 0.25) is 0 Å². The quantitative estimate of drug-likeness (QED) is 0.115. The molecule has 1 unspecified atom stereocenters. The molecule has 0 saturated heterocycles. The highest BCUT2D eigenvalue weighted by Crippen LogP contribution is 2.46. The first kappa shape index (κ1) is 23.9. The van der Waals surface area contributed by atoms with Crippen molar-refractivity contribution in [2.75, 3.05) is 13.7 Å². The summed E-state index contributed by atoms with van der Waals surface area (Å²) in [6.45, 7) is 7.18. The first-order chi connectivity index (χ1) is 13.4. The Labute approximate surface area is 166 Å². The second-order valence-electron chi connectivity index (χ2n) is 7.05. The Balaban J connectivity index is 2.67. The van der Waals surface area contributed by atoms with Gasteiger partial charge in [-0.1, -0.05) is 25.8 Å². The molecule has 1 rings (SSSR count). The number of hydrogen-bond donors (Lipinski definition) is 0. The van der Waals surface area contributed by atoms with Crippen LogP contribution in [0.1, 0.15) is 58.8 Å². The van der Waals surface area contributed by atoms with E-state index >= 15 is 0 Å². The summed E-state index contributed by atoms with van der Waals surface area (Å²) in [6.07, 6.45) is 5.36. The SMILES string of the molecule is C=COOC1(C)C[C@@H](OC(=O)OCC)[C@H](C=O)[C@H]1CCCCCCC(=O)OC. The molecule has 1 saturated carbocycles. The Kier molecular flexibility index (Phi) is 10.6. The minimum Gasteiger partial charge on any atom is -0.469 e. The average molecular weight is 400 g/mol. The van der Waals surface area contributed by atoms with Crippen molar-refractivity contribution in [2.45, 2.75) is 70.5 Å². The maximum atomic E-state index is 11.8. The molecule has 0 aliphatic heterocycles. The number of esters is 1. The van der Waals surface area contributed by atoms with Gasteiger partial charge in [0, 0.05) is 18.8 Å². The summed E-state index contributed by atoms with van der Waals surface area (Å²) in [7, 11) is 1.38. The highest BCUT2D eigenvalue weighted by molar-refractivity contribution is 5.69. The molecule has 0 aromatic heterocycles. The lowest BCUT2D eigenvalue weighted by molar-refractivity contribution is -0.332. The third kappa shape index (κ3) is 7.14. The second-order valence-corrected chi connectivity index (χ2v) is 7.05. The normalized spacial score (nSPS) is 26.3. The molecule has 8 nitrogen and oxygen atoms in total. The fourth-order valence-corrected chi connectivity index (χ4v) is 3.76. The van der Waals surface area contributed by atoms with E-state index in [1.54, 1.807) is 6.92 Å². The van der Waals surface area contributed by atoms with Crippen LogP contribution in [-0.2, 0) is 33.6 Å². The van der Waals surface area contributed by atoms with Crippen molar-refractivity contribution in [3.05, 3.63) is 12.8 Å². The van der Waals surface area contributed by atoms with E-state index in [9.17, 15) is 14.4 Å². The molecule has 0 aromatic rings. The van der Waals surface area contributed by atoms with Crippen LogP contribution in [-0.4, -0.2) is 43.8 Å². The van der Waals surface area contributed by atoms with E-state index < -0.39 is 23.8 Å². The van der Waals surface area contributed by atoms with Gasteiger partial charge in [0.2, 0.25) is 0 Å². The Morgan fingerprint density at radius 1 is 1.21 bits per heavy atom. The lowest BCUT2D eigenvalue weighted by Gasteiger charge is -2.30. The standard InChI is InChI=1S/C20H32O8/c1-5-25-19(23)27-17-13-20(3,28-26-6-2)16(15(17)14-21)11-9-7-8-10-12-18(22)24-4/h6,14-17H,2,5,7-13H2,1,3-4H3/t15-,16-,17-,20?/m1/s1. The summed E-state index contributed by atoms with van der Waals surface area (Å²) in [4.78, 5) is 45.1. The minimum atomic E-state index is -0.803. The summed E-state index contributed by atoms with van der Waals surface area (Å²) < 4.78 is 14.8. The first-order valence-electron chi connectivity index (χ1n) is 9.72. The fraction of sp³-hybridized carbons (Fsp3) is 0.750. The smallest absolute Gasteiger partial charge is 0.469 e. The zero-order valence-corrected chi connectivity index (χ0v) is 17.0. The lowest BCUT2D eigenvalue weighted by Crippen LogP contribution is -2.35. The van der Waals surface area contributed by atoms with Gasteiger partial charge in [-0.25, -0.2) is 4.79 Å². The van der Waals surface area contributed by atoms with Gasteiger partial charge in [-0.05, 0) is 26.7 Å². The molecule has 28 heavy (non-hydrogen) atoms. The molecule has 160 valence electrons. The van der Waals surface area contributed by atoms with Crippen molar-refractivity contribution in [1.82, 2.24) is 0 Å². The lowest BCUT2D eigenvalue weighted by atomic mass is 9.83. The van der Waals surface area contributed by atoms with Crippen LogP contribution in [0.5, 0.6) is 0 Å². The van der Waals surface area contributed by atoms with E-state index in [0.717, 1.165) is 32.0 Å². The van der Waals surface area contributed by atoms with Crippen LogP contribution in [0.4, 0.5) is 4.79 Å². The topological polar surface area (TPSA) is 97.4 Å². The number of unbranched alkanes of at least 4 members (excludes halogenated alkanes) is 3. The van der Waals surface area contributed by atoms with E-state index in [-0.39, 0.29) is 18.5 Å². The van der Waals surface area contributed by atoms with E-state index in [1.165, 1.54) is 13.4 Å². The van der Waals surface area contributed by atoms with Crippen molar-refractivity contribution in [2.24, 2.45) is 11.8 Å². The van der Waals surface area contributed by atoms with Crippen molar-refractivity contribution in [3.63, 3.8) is 0 Å². The highest BCUT2D eigenvalue weighted by atomic mass is 17.2. The Morgan fingerprint density at radius 3 is 2.54 bits per heavy atom. The summed E-state index contributed by atoms with van der Waals surface area (Å²) in [5.41, 5.74) is -0.803. The molecule has 1 fully saturated rings. The molecule has 0 bridgehead atoms. The van der Waals surface area contributed by atoms with Gasteiger partial charge >= 0.3 is 12.1 Å². The number of carbonyl (C=O) groups excluding carboxylic acids is 3. The molecular formula is C20H32O8. The van der Waals surface area contributed by atoms with Gasteiger partial charge < -0.3 is 23.9 Å². The number of aldehydes is 1. The Morgan fingerprint density at radius 2 is 1.93 bits per heavy atom. The predicted octanol–water partition coefficient (Wildman–Crippen LogP) is 3.73. The van der Waals surface area contributed by atoms with Crippen LogP contribution >= 0.6 is 0 Å². The molecule has 0 amide bonds. The fourth-order valence-electron chi connectivity index (χ4n) is 3.76. The molecule has 0 radical (unpaired) electrons. The third-order valence-corrected chi connectivity index (χ3v) is 5.13. The number of methoxy groups -OCH3 is 1. The first-order valence-corrected chi connectivity index (χ1v) is 9.72. The molecule has 1 aliphatic carbocycles. The summed E-state index contributed by atoms with van der Waals surface area (Å²) in [5, 5.41) is 0. The number of carbonyl (C=O) groups is 3. The Hall–Kier alpha value is -2.09. The second kappa shape index (κ2) is 12.4. The van der Waals surface area contributed by atoms with Crippen LogP contribution in [0.3, 0.4) is 0 Å². The van der Waals surface area contributed by atoms with E-state index in [0.29, 0.717) is 19.3 Å². The van der Waals surface area contributed by atoms with E-state index in [4.69, 9.17) is 19.2 Å². The van der Waals surface area contributed by atoms with Crippen molar-refractivity contribution in [3.8, 4) is 0 Å². The average Bonchev–Trinajstić information content (AvgIpc) is 2.93. The van der Waals surface area contributed by atoms with Crippen molar-refractivity contribution < 1.29 is 38.4 Å². The largest absolute Gasteiger partial charge is 0.508 e. The number of rotatable bonds is 13. The van der Waals surface area contributed by atoms with Gasteiger partial charge in [0.15, 0.2) is 0 Å². The van der Waals surface area contributed by atoms with Gasteiger partial charge in [-0.3, -0.25) is 4.79 Å². The van der Waals surface area contributed by atoms with Gasteiger partial charge in [-0.2, -0.15) is 4.89 Å². The van der Waals surface area contributed by atoms with Gasteiger partial charge in [0.1, 0.15) is 24.3 Å². The number of ether oxygens (including phenoxy) is 3. The molecule has 0 heterocycles. The van der Waals surface area contributed by atoms with Crippen molar-refractivity contribution >= 4 is 18.4 Å². The minimum absolute atomic E-state index is 0.190. The zero-order chi connectivity index (χ0) is 21.0. The summed E-state index contributed by atoms with van der Waals surface area (Å²) >= 11 is 0. The van der Waals surface area contributed by atoms with Crippen LogP contribution in [0.15, 0.2) is 12.8 Å². The molecular weight excluding hydrogens is 368 g/mol. The molecule has 0 N–H and O–H groups in total.